The fourth-order valence-electron chi connectivity index (χ4n) is 2.99. The molecule has 4 aromatic rings. The summed E-state index contributed by atoms with van der Waals surface area (Å²) in [7, 11) is 0. The number of carbonyl (C=O) groups excluding carboxylic acids is 1. The lowest BCUT2D eigenvalue weighted by atomic mass is 10.0. The van der Waals surface area contributed by atoms with Crippen LogP contribution in [0.2, 0.25) is 0 Å². The summed E-state index contributed by atoms with van der Waals surface area (Å²) in [6.45, 7) is 0. The SMILES string of the molecule is O=C(c1ccc(/C=C/c2ccncc2)cc1)c1ccc(/C=C/c2ccncc2)cc1. The van der Waals surface area contributed by atoms with E-state index >= 15 is 0 Å². The predicted octanol–water partition coefficient (Wildman–Crippen LogP) is 6.05. The minimum atomic E-state index is 0.0179. The van der Waals surface area contributed by atoms with E-state index in [0.29, 0.717) is 11.1 Å². The first-order valence-corrected chi connectivity index (χ1v) is 9.69. The average molecular weight is 388 g/mol. The Hall–Kier alpha value is -4.11. The van der Waals surface area contributed by atoms with Crippen LogP contribution in [0.1, 0.15) is 38.2 Å². The number of aromatic nitrogens is 2. The van der Waals surface area contributed by atoms with Crippen molar-refractivity contribution in [1.82, 2.24) is 9.97 Å². The molecule has 30 heavy (non-hydrogen) atoms. The lowest BCUT2D eigenvalue weighted by Crippen LogP contribution is -2.00. The van der Waals surface area contributed by atoms with Crippen molar-refractivity contribution in [2.45, 2.75) is 0 Å². The topological polar surface area (TPSA) is 42.9 Å². The Morgan fingerprint density at radius 3 is 1.10 bits per heavy atom. The van der Waals surface area contributed by atoms with Crippen LogP contribution in [0.3, 0.4) is 0 Å². The Bertz CT molecular complexity index is 1070. The van der Waals surface area contributed by atoms with Crippen molar-refractivity contribution in [3.8, 4) is 0 Å². The predicted molar refractivity (Wildman–Crippen MR) is 123 cm³/mol. The standard InChI is InChI=1S/C27H20N2O/c30-27(25-9-5-21(6-10-25)1-3-23-13-17-28-18-14-23)26-11-7-22(8-12-26)2-4-24-15-19-29-20-16-24/h1-20H/b3-1+,4-2+. The molecule has 3 nitrogen and oxygen atoms in total. The van der Waals surface area contributed by atoms with Crippen molar-refractivity contribution in [3.05, 3.63) is 131 Å². The van der Waals surface area contributed by atoms with Crippen molar-refractivity contribution in [2.24, 2.45) is 0 Å². The minimum Gasteiger partial charge on any atom is -0.289 e. The summed E-state index contributed by atoms with van der Waals surface area (Å²) >= 11 is 0. The van der Waals surface area contributed by atoms with Gasteiger partial charge in [-0.25, -0.2) is 0 Å². The van der Waals surface area contributed by atoms with Crippen molar-refractivity contribution < 1.29 is 4.79 Å². The summed E-state index contributed by atoms with van der Waals surface area (Å²) < 4.78 is 0. The van der Waals surface area contributed by atoms with Crippen LogP contribution in [0.4, 0.5) is 0 Å². The molecule has 2 aromatic heterocycles. The summed E-state index contributed by atoms with van der Waals surface area (Å²) in [5.41, 5.74) is 5.61. The van der Waals surface area contributed by atoms with E-state index < -0.39 is 0 Å². The van der Waals surface area contributed by atoms with E-state index in [9.17, 15) is 4.79 Å². The highest BCUT2D eigenvalue weighted by atomic mass is 16.1. The van der Waals surface area contributed by atoms with E-state index in [1.165, 1.54) is 0 Å². The van der Waals surface area contributed by atoms with Crippen LogP contribution in [0.25, 0.3) is 24.3 Å². The highest BCUT2D eigenvalue weighted by molar-refractivity contribution is 6.09. The zero-order chi connectivity index (χ0) is 20.6. The fraction of sp³-hybridized carbons (Fsp3) is 0. The molecule has 0 saturated carbocycles. The normalized spacial score (nSPS) is 11.2. The molecule has 0 N–H and O–H groups in total. The minimum absolute atomic E-state index is 0.0179. The molecular formula is C27H20N2O. The van der Waals surface area contributed by atoms with E-state index in [2.05, 4.69) is 9.97 Å². The molecule has 0 fully saturated rings. The van der Waals surface area contributed by atoms with Crippen LogP contribution in [0.15, 0.2) is 97.6 Å². The number of hydrogen-bond donors (Lipinski definition) is 0. The van der Waals surface area contributed by atoms with Crippen LogP contribution < -0.4 is 0 Å². The number of ketones is 1. The fourth-order valence-corrected chi connectivity index (χ4v) is 2.99. The smallest absolute Gasteiger partial charge is 0.193 e. The molecule has 0 radical (unpaired) electrons. The Balaban J connectivity index is 1.42. The lowest BCUT2D eigenvalue weighted by Gasteiger charge is -2.03. The number of nitrogens with zero attached hydrogens (tertiary/aromatic N) is 2. The highest BCUT2D eigenvalue weighted by Gasteiger charge is 2.08. The summed E-state index contributed by atoms with van der Waals surface area (Å²) in [4.78, 5) is 20.8. The zero-order valence-corrected chi connectivity index (χ0v) is 16.3. The van der Waals surface area contributed by atoms with Crippen LogP contribution in [0.5, 0.6) is 0 Å². The van der Waals surface area contributed by atoms with Gasteiger partial charge in [-0.1, -0.05) is 72.8 Å². The first kappa shape index (κ1) is 19.2. The van der Waals surface area contributed by atoms with Crippen LogP contribution in [-0.4, -0.2) is 15.8 Å². The monoisotopic (exact) mass is 388 g/mol. The molecule has 2 heterocycles. The molecule has 0 atom stereocenters. The lowest BCUT2D eigenvalue weighted by molar-refractivity contribution is 0.103. The largest absolute Gasteiger partial charge is 0.289 e. The zero-order valence-electron chi connectivity index (χ0n) is 16.3. The maximum absolute atomic E-state index is 12.8. The molecule has 0 bridgehead atoms. The van der Waals surface area contributed by atoms with Crippen LogP contribution in [-0.2, 0) is 0 Å². The number of carbonyl (C=O) groups is 1. The van der Waals surface area contributed by atoms with Gasteiger partial charge in [0.2, 0.25) is 0 Å². The van der Waals surface area contributed by atoms with Gasteiger partial charge >= 0.3 is 0 Å². The average Bonchev–Trinajstić information content (AvgIpc) is 2.83. The molecular weight excluding hydrogens is 368 g/mol. The van der Waals surface area contributed by atoms with E-state index in [4.69, 9.17) is 0 Å². The first-order valence-electron chi connectivity index (χ1n) is 9.69. The summed E-state index contributed by atoms with van der Waals surface area (Å²) in [6, 6.07) is 23.1. The van der Waals surface area contributed by atoms with E-state index in [-0.39, 0.29) is 5.78 Å². The first-order chi connectivity index (χ1) is 14.8. The Kier molecular flexibility index (Phi) is 6.02. The molecule has 144 valence electrons. The molecule has 2 aromatic carbocycles. The van der Waals surface area contributed by atoms with E-state index in [1.54, 1.807) is 24.8 Å². The van der Waals surface area contributed by atoms with E-state index in [1.807, 2.05) is 97.1 Å². The maximum atomic E-state index is 12.8. The highest BCUT2D eigenvalue weighted by Crippen LogP contribution is 2.15. The molecule has 3 heteroatoms. The van der Waals surface area contributed by atoms with Crippen LogP contribution in [0, 0.1) is 0 Å². The van der Waals surface area contributed by atoms with Crippen LogP contribution >= 0.6 is 0 Å². The Morgan fingerprint density at radius 2 is 0.767 bits per heavy atom. The van der Waals surface area contributed by atoms with Gasteiger partial charge in [0.1, 0.15) is 0 Å². The quantitative estimate of drug-likeness (QED) is 0.378. The Labute approximate surface area is 176 Å². The molecule has 0 aliphatic heterocycles. The van der Waals surface area contributed by atoms with Gasteiger partial charge in [0.25, 0.3) is 0 Å². The maximum Gasteiger partial charge on any atom is 0.193 e. The van der Waals surface area contributed by atoms with Crippen molar-refractivity contribution in [2.75, 3.05) is 0 Å². The molecule has 0 amide bonds. The van der Waals surface area contributed by atoms with Gasteiger partial charge in [-0.15, -0.1) is 0 Å². The molecule has 0 spiro atoms. The van der Waals surface area contributed by atoms with Gasteiger partial charge < -0.3 is 0 Å². The second kappa shape index (κ2) is 9.39. The third kappa shape index (κ3) is 5.03. The summed E-state index contributed by atoms with van der Waals surface area (Å²) in [5.74, 6) is 0.0179. The van der Waals surface area contributed by atoms with Gasteiger partial charge in [0.05, 0.1) is 0 Å². The van der Waals surface area contributed by atoms with Crippen molar-refractivity contribution in [1.29, 1.82) is 0 Å². The van der Waals surface area contributed by atoms with Gasteiger partial charge in [-0.3, -0.25) is 14.8 Å². The number of rotatable bonds is 6. The number of benzene rings is 2. The van der Waals surface area contributed by atoms with Crippen molar-refractivity contribution in [3.63, 3.8) is 0 Å². The number of hydrogen-bond acceptors (Lipinski definition) is 3. The van der Waals surface area contributed by atoms with Gasteiger partial charge in [-0.05, 0) is 46.5 Å². The molecule has 0 aliphatic rings. The molecule has 0 aliphatic carbocycles. The second-order valence-corrected chi connectivity index (χ2v) is 6.80. The summed E-state index contributed by atoms with van der Waals surface area (Å²) in [6.07, 6.45) is 15.2. The molecule has 4 rings (SSSR count). The third-order valence-electron chi connectivity index (χ3n) is 4.69. The van der Waals surface area contributed by atoms with Gasteiger partial charge in [-0.2, -0.15) is 0 Å². The Morgan fingerprint density at radius 1 is 0.467 bits per heavy atom. The number of pyridine rings is 2. The third-order valence-corrected chi connectivity index (χ3v) is 4.69. The van der Waals surface area contributed by atoms with Crippen molar-refractivity contribution >= 4 is 30.1 Å². The molecule has 0 saturated heterocycles. The van der Waals surface area contributed by atoms with Gasteiger partial charge in [0, 0.05) is 35.9 Å². The molecule has 0 unspecified atom stereocenters. The van der Waals surface area contributed by atoms with Gasteiger partial charge in [0.15, 0.2) is 5.78 Å². The summed E-state index contributed by atoms with van der Waals surface area (Å²) in [5, 5.41) is 0. The second-order valence-electron chi connectivity index (χ2n) is 6.80. The van der Waals surface area contributed by atoms with E-state index in [0.717, 1.165) is 22.3 Å².